The molecule has 0 radical (unpaired) electrons. The van der Waals surface area contributed by atoms with Crippen LogP contribution in [0.5, 0.6) is 0 Å². The molecule has 0 saturated carbocycles. The Morgan fingerprint density at radius 3 is 1.30 bits per heavy atom. The molecule has 0 aromatic carbocycles. The van der Waals surface area contributed by atoms with Gasteiger partial charge in [0.1, 0.15) is 0 Å². The van der Waals surface area contributed by atoms with Crippen LogP contribution in [0.2, 0.25) is 0 Å². The SMILES string of the molecule is C=C(CC1CO1)C(=O)O.C=C(CC1CO1)C(=O)O.C=CC(=O)O. The molecule has 3 N–H and O–H groups in total. The fraction of sp³-hybridized carbons (Fsp3) is 0.400. The molecule has 2 rings (SSSR count). The Morgan fingerprint density at radius 2 is 1.17 bits per heavy atom. The van der Waals surface area contributed by atoms with Crippen LogP contribution >= 0.6 is 0 Å². The Balaban J connectivity index is 0.000000332. The molecule has 0 aromatic rings. The van der Waals surface area contributed by atoms with E-state index in [0.29, 0.717) is 26.1 Å². The summed E-state index contributed by atoms with van der Waals surface area (Å²) < 4.78 is 9.61. The maximum Gasteiger partial charge on any atom is 0.331 e. The predicted molar refractivity (Wildman–Crippen MR) is 80.1 cm³/mol. The van der Waals surface area contributed by atoms with Gasteiger partial charge in [-0.05, 0) is 0 Å². The van der Waals surface area contributed by atoms with Gasteiger partial charge in [-0.3, -0.25) is 0 Å². The summed E-state index contributed by atoms with van der Waals surface area (Å²) in [5.74, 6) is -2.83. The van der Waals surface area contributed by atoms with E-state index in [-0.39, 0.29) is 23.4 Å². The molecule has 2 unspecified atom stereocenters. The number of carboxylic acid groups (broad SMARTS) is 3. The average molecular weight is 328 g/mol. The Bertz CT molecular complexity index is 450. The lowest BCUT2D eigenvalue weighted by molar-refractivity contribution is -0.133. The molecule has 8 nitrogen and oxygen atoms in total. The Hall–Kier alpha value is -2.45. The largest absolute Gasteiger partial charge is 0.478 e. The lowest BCUT2D eigenvalue weighted by atomic mass is 10.2. The third kappa shape index (κ3) is 13.0. The summed E-state index contributed by atoms with van der Waals surface area (Å²) >= 11 is 0. The molecule has 2 aliphatic rings. The van der Waals surface area contributed by atoms with Crippen molar-refractivity contribution >= 4 is 17.9 Å². The maximum absolute atomic E-state index is 10.1. The molecular formula is C15H20O8. The number of aliphatic carboxylic acids is 3. The molecule has 0 spiro atoms. The van der Waals surface area contributed by atoms with Crippen LogP contribution in [0.1, 0.15) is 12.8 Å². The summed E-state index contributed by atoms with van der Waals surface area (Å²) in [7, 11) is 0. The highest BCUT2D eigenvalue weighted by atomic mass is 16.6. The molecule has 2 fully saturated rings. The van der Waals surface area contributed by atoms with Crippen molar-refractivity contribution in [1.29, 1.82) is 0 Å². The van der Waals surface area contributed by atoms with E-state index < -0.39 is 17.9 Å². The second kappa shape index (κ2) is 10.3. The van der Waals surface area contributed by atoms with Gasteiger partial charge in [0, 0.05) is 30.1 Å². The van der Waals surface area contributed by atoms with Crippen molar-refractivity contribution in [3.63, 3.8) is 0 Å². The molecule has 0 bridgehead atoms. The van der Waals surface area contributed by atoms with Gasteiger partial charge in [-0.2, -0.15) is 0 Å². The van der Waals surface area contributed by atoms with Crippen LogP contribution in [-0.2, 0) is 23.9 Å². The first kappa shape index (κ1) is 20.6. The first-order valence-electron chi connectivity index (χ1n) is 6.58. The number of epoxide rings is 2. The molecule has 2 aliphatic heterocycles. The zero-order valence-electron chi connectivity index (χ0n) is 12.6. The van der Waals surface area contributed by atoms with E-state index in [1.165, 1.54) is 0 Å². The van der Waals surface area contributed by atoms with E-state index in [2.05, 4.69) is 19.7 Å². The van der Waals surface area contributed by atoms with Gasteiger partial charge in [-0.1, -0.05) is 19.7 Å². The molecule has 2 heterocycles. The van der Waals surface area contributed by atoms with Crippen LogP contribution in [0.4, 0.5) is 0 Å². The zero-order valence-corrected chi connectivity index (χ0v) is 12.6. The summed E-state index contributed by atoms with van der Waals surface area (Å²) in [6.45, 7) is 11.0. The second-order valence-corrected chi connectivity index (χ2v) is 4.68. The Kier molecular flexibility index (Phi) is 9.21. The van der Waals surface area contributed by atoms with Gasteiger partial charge in [-0.25, -0.2) is 14.4 Å². The summed E-state index contributed by atoms with van der Waals surface area (Å²) in [4.78, 5) is 29.5. The number of carboxylic acids is 3. The minimum atomic E-state index is -0.981. The topological polar surface area (TPSA) is 137 Å². The lowest BCUT2D eigenvalue weighted by Gasteiger charge is -1.92. The van der Waals surface area contributed by atoms with Gasteiger partial charge < -0.3 is 24.8 Å². The third-order valence-corrected chi connectivity index (χ3v) is 2.53. The zero-order chi connectivity index (χ0) is 18.0. The van der Waals surface area contributed by atoms with Crippen LogP contribution in [0.3, 0.4) is 0 Å². The van der Waals surface area contributed by atoms with Crippen molar-refractivity contribution in [1.82, 2.24) is 0 Å². The molecule has 2 saturated heterocycles. The van der Waals surface area contributed by atoms with Crippen molar-refractivity contribution in [2.24, 2.45) is 0 Å². The van der Waals surface area contributed by atoms with E-state index in [4.69, 9.17) is 24.8 Å². The first-order chi connectivity index (χ1) is 10.7. The standard InChI is InChI=1S/2C6H8O3.C3H4O2/c2*1-4(6(7)8)2-5-3-9-5;1-2-3(4)5/h2*5H,1-3H2,(H,7,8);2H,1H2,(H,4,5). The summed E-state index contributed by atoms with van der Waals surface area (Å²) in [6.07, 6.45) is 2.03. The first-order valence-corrected chi connectivity index (χ1v) is 6.58. The number of ether oxygens (including phenoxy) is 2. The van der Waals surface area contributed by atoms with Gasteiger partial charge in [0.2, 0.25) is 0 Å². The van der Waals surface area contributed by atoms with E-state index in [0.717, 1.165) is 6.08 Å². The highest BCUT2D eigenvalue weighted by molar-refractivity contribution is 5.86. The highest BCUT2D eigenvalue weighted by Gasteiger charge is 2.25. The smallest absolute Gasteiger partial charge is 0.331 e. The quantitative estimate of drug-likeness (QED) is 0.466. The van der Waals surface area contributed by atoms with Crippen molar-refractivity contribution in [2.75, 3.05) is 13.2 Å². The highest BCUT2D eigenvalue weighted by Crippen LogP contribution is 2.18. The third-order valence-electron chi connectivity index (χ3n) is 2.53. The summed E-state index contributed by atoms with van der Waals surface area (Å²) in [5, 5.41) is 24.2. The number of carbonyl (C=O) groups is 3. The minimum absolute atomic E-state index is 0.133. The van der Waals surface area contributed by atoms with Crippen LogP contribution in [0, 0.1) is 0 Å². The number of hydrogen-bond acceptors (Lipinski definition) is 5. The normalized spacial score (nSPS) is 19.7. The predicted octanol–water partition coefficient (Wildman–Crippen LogP) is 1.09. The van der Waals surface area contributed by atoms with Gasteiger partial charge in [0.05, 0.1) is 25.4 Å². The Labute approximate surface area is 133 Å². The molecule has 2 atom stereocenters. The van der Waals surface area contributed by atoms with Gasteiger partial charge in [0.15, 0.2) is 0 Å². The number of hydrogen-bond donors (Lipinski definition) is 3. The van der Waals surface area contributed by atoms with Gasteiger partial charge >= 0.3 is 17.9 Å². The maximum atomic E-state index is 10.1. The van der Waals surface area contributed by atoms with Crippen LogP contribution in [0.25, 0.3) is 0 Å². The van der Waals surface area contributed by atoms with Crippen LogP contribution in [-0.4, -0.2) is 58.6 Å². The molecule has 0 aromatic heterocycles. The molecule has 128 valence electrons. The van der Waals surface area contributed by atoms with Crippen molar-refractivity contribution in [3.8, 4) is 0 Å². The average Bonchev–Trinajstić information content (AvgIpc) is 3.35. The van der Waals surface area contributed by atoms with Crippen LogP contribution < -0.4 is 0 Å². The lowest BCUT2D eigenvalue weighted by Crippen LogP contribution is -2.01. The molecule has 8 heteroatoms. The van der Waals surface area contributed by atoms with E-state index in [9.17, 15) is 14.4 Å². The monoisotopic (exact) mass is 328 g/mol. The van der Waals surface area contributed by atoms with E-state index >= 15 is 0 Å². The van der Waals surface area contributed by atoms with E-state index in [1.807, 2.05) is 0 Å². The molecule has 0 amide bonds. The number of rotatable bonds is 7. The Morgan fingerprint density at radius 1 is 0.913 bits per heavy atom. The van der Waals surface area contributed by atoms with Crippen molar-refractivity contribution < 1.29 is 39.2 Å². The summed E-state index contributed by atoms with van der Waals surface area (Å²) in [6, 6.07) is 0. The van der Waals surface area contributed by atoms with Crippen molar-refractivity contribution in [3.05, 3.63) is 37.0 Å². The fourth-order valence-electron chi connectivity index (χ4n) is 1.10. The van der Waals surface area contributed by atoms with Crippen molar-refractivity contribution in [2.45, 2.75) is 25.0 Å². The van der Waals surface area contributed by atoms with Gasteiger partial charge in [-0.15, -0.1) is 0 Å². The molecular weight excluding hydrogens is 308 g/mol. The second-order valence-electron chi connectivity index (χ2n) is 4.68. The molecule has 0 aliphatic carbocycles. The fourth-order valence-corrected chi connectivity index (χ4v) is 1.10. The van der Waals surface area contributed by atoms with Crippen LogP contribution in [0.15, 0.2) is 37.0 Å². The van der Waals surface area contributed by atoms with E-state index in [1.54, 1.807) is 0 Å². The molecule has 23 heavy (non-hydrogen) atoms. The summed E-state index contributed by atoms with van der Waals surface area (Å²) in [5.41, 5.74) is 0.468. The van der Waals surface area contributed by atoms with Gasteiger partial charge in [0.25, 0.3) is 0 Å². The minimum Gasteiger partial charge on any atom is -0.478 e.